The second-order valence-electron chi connectivity index (χ2n) is 6.52. The molecular formula is C19H21N6OS2+. The number of carbonyl (C=O) groups excluding carboxylic acids is 1. The van der Waals surface area contributed by atoms with Crippen LogP contribution in [0.2, 0.25) is 0 Å². The molecule has 3 aromatic heterocycles. The molecule has 0 fully saturated rings. The maximum absolute atomic E-state index is 11.6. The predicted octanol–water partition coefficient (Wildman–Crippen LogP) is 3.32. The van der Waals surface area contributed by atoms with E-state index in [0.717, 1.165) is 38.4 Å². The number of carbonyl (C=O) groups is 1. The molecule has 7 nitrogen and oxygen atoms in total. The largest absolute Gasteiger partial charge is 0.365 e. The van der Waals surface area contributed by atoms with Gasteiger partial charge >= 0.3 is 0 Å². The van der Waals surface area contributed by atoms with E-state index in [0.29, 0.717) is 10.3 Å². The van der Waals surface area contributed by atoms with Crippen molar-refractivity contribution >= 4 is 50.1 Å². The molecule has 0 bridgehead atoms. The molecule has 2 N–H and O–H groups in total. The Morgan fingerprint density at radius 1 is 1.29 bits per heavy atom. The molecule has 0 aliphatic rings. The molecule has 0 saturated heterocycles. The number of imidazole rings is 1. The van der Waals surface area contributed by atoms with Gasteiger partial charge in [0, 0.05) is 17.3 Å². The first-order valence-corrected chi connectivity index (χ1v) is 10.7. The fourth-order valence-corrected chi connectivity index (χ4v) is 5.48. The molecule has 0 radical (unpaired) electrons. The van der Waals surface area contributed by atoms with Crippen LogP contribution in [0.25, 0.3) is 16.0 Å². The van der Waals surface area contributed by atoms with Gasteiger partial charge in [-0.1, -0.05) is 23.1 Å². The Bertz CT molecular complexity index is 1150. The van der Waals surface area contributed by atoms with E-state index in [-0.39, 0.29) is 12.5 Å². The van der Waals surface area contributed by atoms with Gasteiger partial charge in [0.05, 0.1) is 29.5 Å². The first-order valence-electron chi connectivity index (χ1n) is 9.06. The van der Waals surface area contributed by atoms with E-state index in [9.17, 15) is 4.79 Å². The number of quaternary nitrogens is 1. The van der Waals surface area contributed by atoms with Crippen molar-refractivity contribution in [2.75, 3.05) is 19.6 Å². The van der Waals surface area contributed by atoms with Crippen LogP contribution in [-0.2, 0) is 4.79 Å². The number of amides is 1. The quantitative estimate of drug-likeness (QED) is 0.470. The van der Waals surface area contributed by atoms with E-state index >= 15 is 0 Å². The topological polar surface area (TPSA) is 86.2 Å². The van der Waals surface area contributed by atoms with Gasteiger partial charge in [-0.15, -0.1) is 0 Å². The van der Waals surface area contributed by atoms with Crippen LogP contribution in [0.4, 0.5) is 5.13 Å². The number of fused-ring (bicyclic) bond motifs is 2. The lowest BCUT2D eigenvalue weighted by molar-refractivity contribution is -0.118. The van der Waals surface area contributed by atoms with Gasteiger partial charge in [0.2, 0.25) is 5.78 Å². The van der Waals surface area contributed by atoms with Crippen LogP contribution in [0.5, 0.6) is 0 Å². The highest BCUT2D eigenvalue weighted by Crippen LogP contribution is 2.36. The smallest absolute Gasteiger partial charge is 0.287 e. The minimum atomic E-state index is -0.305. The summed E-state index contributed by atoms with van der Waals surface area (Å²) in [5.74, 6) is 0.381. The number of aromatic nitrogens is 4. The second-order valence-corrected chi connectivity index (χ2v) is 8.62. The maximum atomic E-state index is 11.6. The molecule has 1 amide bonds. The van der Waals surface area contributed by atoms with Crippen LogP contribution < -0.4 is 10.2 Å². The molecule has 0 aliphatic carbocycles. The van der Waals surface area contributed by atoms with Gasteiger partial charge in [0.15, 0.2) is 6.54 Å². The summed E-state index contributed by atoms with van der Waals surface area (Å²) in [5.41, 5.74) is 6.45. The molecule has 1 aromatic carbocycles. The summed E-state index contributed by atoms with van der Waals surface area (Å²) in [7, 11) is 0. The lowest BCUT2D eigenvalue weighted by atomic mass is 10.3. The van der Waals surface area contributed by atoms with Gasteiger partial charge in [-0.2, -0.15) is 4.98 Å². The van der Waals surface area contributed by atoms with E-state index in [1.165, 1.54) is 0 Å². The summed E-state index contributed by atoms with van der Waals surface area (Å²) in [6.45, 7) is 5.95. The number of benzene rings is 1. The summed E-state index contributed by atoms with van der Waals surface area (Å²) < 4.78 is 3.55. The first-order chi connectivity index (χ1) is 13.5. The van der Waals surface area contributed by atoms with Crippen molar-refractivity contribution < 1.29 is 4.79 Å². The van der Waals surface area contributed by atoms with Crippen LogP contribution in [0, 0.1) is 0 Å². The highest BCUT2D eigenvalue weighted by Gasteiger charge is 2.32. The molecule has 4 rings (SSSR count). The Morgan fingerprint density at radius 3 is 2.86 bits per heavy atom. The van der Waals surface area contributed by atoms with Crippen molar-refractivity contribution in [2.45, 2.75) is 23.8 Å². The van der Waals surface area contributed by atoms with Crippen LogP contribution in [0.1, 0.15) is 13.8 Å². The number of hydrogen-bond donors (Lipinski definition) is 1. The van der Waals surface area contributed by atoms with Crippen molar-refractivity contribution in [3.8, 4) is 0 Å². The van der Waals surface area contributed by atoms with Crippen LogP contribution in [-0.4, -0.2) is 44.9 Å². The van der Waals surface area contributed by atoms with Gasteiger partial charge in [-0.25, -0.2) is 9.97 Å². The molecule has 0 spiro atoms. The summed E-state index contributed by atoms with van der Waals surface area (Å²) in [6, 6.07) is 8.13. The fourth-order valence-electron chi connectivity index (χ4n) is 3.24. The third-order valence-electron chi connectivity index (χ3n) is 4.90. The van der Waals surface area contributed by atoms with E-state index in [1.807, 2.05) is 28.9 Å². The highest BCUT2D eigenvalue weighted by atomic mass is 32.2. The van der Waals surface area contributed by atoms with Crippen LogP contribution >= 0.6 is 23.1 Å². The van der Waals surface area contributed by atoms with Crippen molar-refractivity contribution in [1.29, 1.82) is 0 Å². The number of nitrogens with two attached hydrogens (primary N) is 1. The second kappa shape index (κ2) is 7.50. The average Bonchev–Trinajstić information content (AvgIpc) is 3.30. The van der Waals surface area contributed by atoms with Crippen molar-refractivity contribution in [2.24, 2.45) is 5.73 Å². The number of hydrogen-bond acceptors (Lipinski definition) is 6. The monoisotopic (exact) mass is 413 g/mol. The number of rotatable bonds is 7. The third kappa shape index (κ3) is 3.36. The molecule has 0 unspecified atom stereocenters. The van der Waals surface area contributed by atoms with Gasteiger partial charge < -0.3 is 5.73 Å². The number of likely N-dealkylation sites (N-methyl/N-ethyl adjacent to an activating group) is 1. The first kappa shape index (κ1) is 18.9. The summed E-state index contributed by atoms with van der Waals surface area (Å²) in [6.07, 6.45) is 5.52. The van der Waals surface area contributed by atoms with Crippen molar-refractivity contribution in [3.63, 3.8) is 0 Å². The molecule has 0 atom stereocenters. The van der Waals surface area contributed by atoms with Gasteiger partial charge in [-0.3, -0.25) is 13.7 Å². The maximum Gasteiger partial charge on any atom is 0.287 e. The van der Waals surface area contributed by atoms with Crippen LogP contribution in [0.15, 0.2) is 52.8 Å². The van der Waals surface area contributed by atoms with E-state index in [2.05, 4.69) is 35.9 Å². The average molecular weight is 414 g/mol. The minimum absolute atomic E-state index is 0.267. The fraction of sp³-hybridized carbons (Fsp3) is 0.263. The molecule has 144 valence electrons. The molecule has 3 heterocycles. The van der Waals surface area contributed by atoms with Gasteiger partial charge in [0.25, 0.3) is 11.0 Å². The standard InChI is InChI=1S/C19H20N6OS2/c1-3-25(4-2,12-16(20)26)19-23-14-7-6-13(10-15(14)28-19)27-17-11-22-18-21-8-5-9-24(17)18/h5-11H,3-4,12H2,1-2H3,(H-,20,26)/p+1. The lowest BCUT2D eigenvalue weighted by Crippen LogP contribution is -2.53. The van der Waals surface area contributed by atoms with Gasteiger partial charge in [0.1, 0.15) is 5.03 Å². The van der Waals surface area contributed by atoms with Gasteiger partial charge in [-0.05, 0) is 38.1 Å². The molecule has 0 aliphatic heterocycles. The zero-order chi connectivity index (χ0) is 19.7. The summed E-state index contributed by atoms with van der Waals surface area (Å²) >= 11 is 3.27. The minimum Gasteiger partial charge on any atom is -0.365 e. The van der Waals surface area contributed by atoms with Crippen LogP contribution in [0.3, 0.4) is 0 Å². The SMILES string of the molecule is CC[N+](CC)(CC(N)=O)c1nc2ccc(Sc3cnc4ncccn34)cc2s1. The number of nitrogens with zero attached hydrogens (tertiary/aromatic N) is 5. The summed E-state index contributed by atoms with van der Waals surface area (Å²) in [4.78, 5) is 26.1. The van der Waals surface area contributed by atoms with Crippen molar-refractivity contribution in [1.82, 2.24) is 23.8 Å². The Hall–Kier alpha value is -2.49. The Kier molecular flexibility index (Phi) is 5.05. The molecule has 4 aromatic rings. The Morgan fingerprint density at radius 2 is 2.11 bits per heavy atom. The van der Waals surface area contributed by atoms with E-state index in [4.69, 9.17) is 10.7 Å². The third-order valence-corrected chi connectivity index (χ3v) is 7.11. The highest BCUT2D eigenvalue weighted by molar-refractivity contribution is 7.99. The van der Waals surface area contributed by atoms with E-state index < -0.39 is 0 Å². The normalized spacial score (nSPS) is 12.1. The lowest BCUT2D eigenvalue weighted by Gasteiger charge is -2.31. The number of thiazole rings is 1. The van der Waals surface area contributed by atoms with Crippen molar-refractivity contribution in [3.05, 3.63) is 42.9 Å². The molecule has 0 saturated carbocycles. The van der Waals surface area contributed by atoms with E-state index in [1.54, 1.807) is 29.3 Å². The molecular weight excluding hydrogens is 392 g/mol. The Balaban J connectivity index is 1.69. The Labute approximate surface area is 170 Å². The predicted molar refractivity (Wildman–Crippen MR) is 114 cm³/mol. The zero-order valence-corrected chi connectivity index (χ0v) is 17.3. The zero-order valence-electron chi connectivity index (χ0n) is 15.7. The summed E-state index contributed by atoms with van der Waals surface area (Å²) in [5, 5.41) is 1.94. The number of primary amides is 1. The molecule has 9 heteroatoms. The molecule has 28 heavy (non-hydrogen) atoms.